The maximum Gasteiger partial charge on any atom is 0.320 e. The highest BCUT2D eigenvalue weighted by Gasteiger charge is 2.37. The van der Waals surface area contributed by atoms with Crippen molar-refractivity contribution in [3.8, 4) is 0 Å². The van der Waals surface area contributed by atoms with Gasteiger partial charge >= 0.3 is 5.97 Å². The Kier molecular flexibility index (Phi) is 5.19. The summed E-state index contributed by atoms with van der Waals surface area (Å²) in [7, 11) is 0. The number of carboxylic acid groups (broad SMARTS) is 1. The molecule has 0 bridgehead atoms. The molecule has 1 heterocycles. The maximum absolute atomic E-state index is 11.7. The van der Waals surface area contributed by atoms with Crippen LogP contribution in [0.5, 0.6) is 0 Å². The number of rotatable bonds is 4. The van der Waals surface area contributed by atoms with E-state index < -0.39 is 12.0 Å². The number of benzene rings is 2. The van der Waals surface area contributed by atoms with Gasteiger partial charge in [-0.05, 0) is 36.1 Å². The van der Waals surface area contributed by atoms with E-state index in [1.807, 2.05) is 36.4 Å². The monoisotopic (exact) mass is 437 g/mol. The van der Waals surface area contributed by atoms with Crippen molar-refractivity contribution in [3.05, 3.63) is 68.6 Å². The summed E-state index contributed by atoms with van der Waals surface area (Å²) in [5.41, 5.74) is 2.18. The number of hydrogen-bond donors (Lipinski definition) is 1. The molecule has 1 unspecified atom stereocenters. The van der Waals surface area contributed by atoms with E-state index in [0.717, 1.165) is 33.0 Å². The molecule has 1 N–H and O–H groups in total. The molecule has 1 aliphatic rings. The second-order valence-electron chi connectivity index (χ2n) is 5.68. The topological polar surface area (TPSA) is 40.5 Å². The molecule has 0 saturated carbocycles. The van der Waals surface area contributed by atoms with Gasteiger partial charge in [-0.2, -0.15) is 0 Å². The molecule has 1 atom stereocenters. The number of halogens is 2. The van der Waals surface area contributed by atoms with Gasteiger partial charge in [-0.1, -0.05) is 68.3 Å². The molecule has 0 amide bonds. The molecule has 120 valence electrons. The lowest BCUT2D eigenvalue weighted by Gasteiger charge is -2.33. The number of aliphatic carboxylic acids is 1. The van der Waals surface area contributed by atoms with Crippen molar-refractivity contribution in [2.75, 3.05) is 6.54 Å². The first-order valence-corrected chi connectivity index (χ1v) is 9.15. The summed E-state index contributed by atoms with van der Waals surface area (Å²) in [4.78, 5) is 13.8. The van der Waals surface area contributed by atoms with E-state index in [-0.39, 0.29) is 6.04 Å². The van der Waals surface area contributed by atoms with E-state index in [4.69, 9.17) is 0 Å². The maximum atomic E-state index is 11.7. The second kappa shape index (κ2) is 7.16. The first-order valence-electron chi connectivity index (χ1n) is 7.57. The highest BCUT2D eigenvalue weighted by atomic mass is 79.9. The molecule has 0 radical (unpaired) electrons. The SMILES string of the molecule is O=C(O)C1CCCN1C(c1ccccc1Br)c1ccccc1Br. The van der Waals surface area contributed by atoms with E-state index in [0.29, 0.717) is 6.42 Å². The molecule has 0 aromatic heterocycles. The van der Waals surface area contributed by atoms with Gasteiger partial charge in [0.25, 0.3) is 0 Å². The van der Waals surface area contributed by atoms with E-state index >= 15 is 0 Å². The lowest BCUT2D eigenvalue weighted by Crippen LogP contribution is -2.39. The summed E-state index contributed by atoms with van der Waals surface area (Å²) in [6, 6.07) is 15.5. The van der Waals surface area contributed by atoms with E-state index in [1.54, 1.807) is 0 Å². The summed E-state index contributed by atoms with van der Waals surface area (Å²) in [5, 5.41) is 9.60. The highest BCUT2D eigenvalue weighted by Crippen LogP contribution is 2.40. The lowest BCUT2D eigenvalue weighted by atomic mass is 9.96. The molecule has 23 heavy (non-hydrogen) atoms. The highest BCUT2D eigenvalue weighted by molar-refractivity contribution is 9.10. The average molecular weight is 439 g/mol. The summed E-state index contributed by atoms with van der Waals surface area (Å²) in [6.07, 6.45) is 1.60. The number of likely N-dealkylation sites (tertiary alicyclic amines) is 1. The van der Waals surface area contributed by atoms with Gasteiger partial charge in [0.2, 0.25) is 0 Å². The summed E-state index contributed by atoms with van der Waals surface area (Å²) < 4.78 is 1.99. The fourth-order valence-electron chi connectivity index (χ4n) is 3.28. The van der Waals surface area contributed by atoms with Crippen LogP contribution in [0.25, 0.3) is 0 Å². The van der Waals surface area contributed by atoms with Gasteiger partial charge in [-0.25, -0.2) is 0 Å². The predicted octanol–water partition coefficient (Wildman–Crippen LogP) is 4.85. The van der Waals surface area contributed by atoms with Crippen LogP contribution in [0.2, 0.25) is 0 Å². The zero-order chi connectivity index (χ0) is 16.4. The number of nitrogens with zero attached hydrogens (tertiary/aromatic N) is 1. The molecule has 2 aromatic rings. The standard InChI is InChI=1S/C18H17Br2NO2/c19-14-8-3-1-6-12(14)17(13-7-2-4-9-15(13)20)21-11-5-10-16(21)18(22)23/h1-4,6-9,16-17H,5,10-11H2,(H,22,23). The Balaban J connectivity index is 2.13. The minimum atomic E-state index is -0.744. The summed E-state index contributed by atoms with van der Waals surface area (Å²) in [6.45, 7) is 0.782. The van der Waals surface area contributed by atoms with Gasteiger partial charge in [-0.3, -0.25) is 9.69 Å². The Labute approximate surface area is 152 Å². The lowest BCUT2D eigenvalue weighted by molar-refractivity contribution is -0.142. The minimum absolute atomic E-state index is 0.0928. The fourth-order valence-corrected chi connectivity index (χ4v) is 4.29. The number of hydrogen-bond acceptors (Lipinski definition) is 2. The van der Waals surface area contributed by atoms with Crippen molar-refractivity contribution in [2.45, 2.75) is 24.9 Å². The van der Waals surface area contributed by atoms with Gasteiger partial charge in [0.1, 0.15) is 6.04 Å². The number of carboxylic acids is 1. The normalized spacial score (nSPS) is 18.5. The molecule has 5 heteroatoms. The third kappa shape index (κ3) is 3.37. The largest absolute Gasteiger partial charge is 0.480 e. The minimum Gasteiger partial charge on any atom is -0.480 e. The van der Waals surface area contributed by atoms with E-state index in [1.165, 1.54) is 0 Å². The number of carbonyl (C=O) groups is 1. The smallest absolute Gasteiger partial charge is 0.320 e. The van der Waals surface area contributed by atoms with Crippen molar-refractivity contribution in [3.63, 3.8) is 0 Å². The zero-order valence-corrected chi connectivity index (χ0v) is 15.6. The van der Waals surface area contributed by atoms with Crippen molar-refractivity contribution >= 4 is 37.8 Å². The third-order valence-corrected chi connectivity index (χ3v) is 5.75. The molecule has 0 aliphatic carbocycles. The Morgan fingerprint density at radius 3 is 2.04 bits per heavy atom. The zero-order valence-electron chi connectivity index (χ0n) is 12.5. The van der Waals surface area contributed by atoms with Crippen molar-refractivity contribution in [1.29, 1.82) is 0 Å². The Morgan fingerprint density at radius 2 is 1.57 bits per heavy atom. The fraction of sp³-hybridized carbons (Fsp3) is 0.278. The Hall–Kier alpha value is -1.17. The van der Waals surface area contributed by atoms with Crippen LogP contribution in [0.1, 0.15) is 30.0 Å². The van der Waals surface area contributed by atoms with Gasteiger partial charge in [0, 0.05) is 15.5 Å². The van der Waals surface area contributed by atoms with Crippen molar-refractivity contribution in [1.82, 2.24) is 4.90 Å². The van der Waals surface area contributed by atoms with E-state index in [2.05, 4.69) is 48.9 Å². The quantitative estimate of drug-likeness (QED) is 0.741. The average Bonchev–Trinajstić information content (AvgIpc) is 3.01. The molecule has 3 nitrogen and oxygen atoms in total. The van der Waals surface area contributed by atoms with Crippen LogP contribution in [0.3, 0.4) is 0 Å². The van der Waals surface area contributed by atoms with Crippen LogP contribution in [-0.4, -0.2) is 28.6 Å². The molecular weight excluding hydrogens is 422 g/mol. The molecule has 1 saturated heterocycles. The van der Waals surface area contributed by atoms with Crippen LogP contribution < -0.4 is 0 Å². The van der Waals surface area contributed by atoms with Gasteiger partial charge in [-0.15, -0.1) is 0 Å². The molecule has 1 fully saturated rings. The third-order valence-electron chi connectivity index (χ3n) is 4.31. The van der Waals surface area contributed by atoms with Crippen LogP contribution in [-0.2, 0) is 4.79 Å². The van der Waals surface area contributed by atoms with Gasteiger partial charge in [0.05, 0.1) is 6.04 Å². The molecule has 1 aliphatic heterocycles. The predicted molar refractivity (Wildman–Crippen MR) is 97.5 cm³/mol. The summed E-state index contributed by atoms with van der Waals surface area (Å²) in [5.74, 6) is -0.744. The van der Waals surface area contributed by atoms with Crippen LogP contribution in [0.15, 0.2) is 57.5 Å². The first-order chi connectivity index (χ1) is 11.1. The second-order valence-corrected chi connectivity index (χ2v) is 7.39. The summed E-state index contributed by atoms with van der Waals surface area (Å²) >= 11 is 7.27. The van der Waals surface area contributed by atoms with Crippen LogP contribution in [0, 0.1) is 0 Å². The first kappa shape index (κ1) is 16.7. The van der Waals surface area contributed by atoms with Crippen LogP contribution >= 0.6 is 31.9 Å². The van der Waals surface area contributed by atoms with Gasteiger partial charge < -0.3 is 5.11 Å². The molecule has 2 aromatic carbocycles. The van der Waals surface area contributed by atoms with Gasteiger partial charge in [0.15, 0.2) is 0 Å². The Morgan fingerprint density at radius 1 is 1.04 bits per heavy atom. The van der Waals surface area contributed by atoms with Crippen molar-refractivity contribution in [2.24, 2.45) is 0 Å². The molecule has 3 rings (SSSR count). The Bertz CT molecular complexity index is 674. The molecular formula is C18H17Br2NO2. The molecule has 0 spiro atoms. The van der Waals surface area contributed by atoms with Crippen molar-refractivity contribution < 1.29 is 9.90 Å². The van der Waals surface area contributed by atoms with E-state index in [9.17, 15) is 9.90 Å². The van der Waals surface area contributed by atoms with Crippen LogP contribution in [0.4, 0.5) is 0 Å².